The van der Waals surface area contributed by atoms with Crippen molar-refractivity contribution in [1.82, 2.24) is 9.61 Å². The largest absolute Gasteiger partial charge is 0.241 e. The van der Waals surface area contributed by atoms with Crippen molar-refractivity contribution < 1.29 is 0 Å². The highest BCUT2D eigenvalue weighted by Gasteiger charge is 1.93. The van der Waals surface area contributed by atoms with Crippen molar-refractivity contribution in [3.8, 4) is 6.07 Å². The van der Waals surface area contributed by atoms with E-state index in [-0.39, 0.29) is 12.4 Å². The Morgan fingerprint density at radius 1 is 1.50 bits per heavy atom. The van der Waals surface area contributed by atoms with Crippen LogP contribution < -0.4 is 0 Å². The van der Waals surface area contributed by atoms with Gasteiger partial charge in [-0.05, 0) is 18.2 Å². The third-order valence-electron chi connectivity index (χ3n) is 1.51. The second-order valence-corrected chi connectivity index (χ2v) is 2.23. The van der Waals surface area contributed by atoms with E-state index in [1.807, 2.05) is 24.4 Å². The van der Waals surface area contributed by atoms with Crippen LogP contribution in [-0.4, -0.2) is 9.61 Å². The molecule has 60 valence electrons. The van der Waals surface area contributed by atoms with Gasteiger partial charge >= 0.3 is 0 Å². The Morgan fingerprint density at radius 2 is 2.33 bits per heavy atom. The van der Waals surface area contributed by atoms with Gasteiger partial charge in [-0.25, -0.2) is 4.52 Å². The molecule has 0 aliphatic rings. The third kappa shape index (κ3) is 1.25. The molecule has 0 spiro atoms. The zero-order valence-electron chi connectivity index (χ0n) is 6.14. The van der Waals surface area contributed by atoms with E-state index in [0.29, 0.717) is 5.56 Å². The van der Waals surface area contributed by atoms with Crippen LogP contribution in [0.25, 0.3) is 5.52 Å². The van der Waals surface area contributed by atoms with E-state index in [4.69, 9.17) is 5.26 Å². The average Bonchev–Trinajstić information content (AvgIpc) is 2.50. The summed E-state index contributed by atoms with van der Waals surface area (Å²) in [4.78, 5) is 0. The van der Waals surface area contributed by atoms with Gasteiger partial charge in [-0.3, -0.25) is 0 Å². The summed E-state index contributed by atoms with van der Waals surface area (Å²) in [7, 11) is 0. The Labute approximate surface area is 75.6 Å². The molecule has 0 aliphatic heterocycles. The fourth-order valence-corrected chi connectivity index (χ4v) is 0.987. The molecule has 0 aromatic carbocycles. The molecule has 0 fully saturated rings. The summed E-state index contributed by atoms with van der Waals surface area (Å²) in [5.74, 6) is 0. The smallest absolute Gasteiger partial charge is 0.101 e. The molecule has 0 saturated carbocycles. The zero-order chi connectivity index (χ0) is 7.68. The monoisotopic (exact) mass is 179 g/mol. The number of halogens is 1. The number of hydrogen-bond donors (Lipinski definition) is 0. The second-order valence-electron chi connectivity index (χ2n) is 2.23. The molecular formula is C8H6ClN3. The molecule has 12 heavy (non-hydrogen) atoms. The summed E-state index contributed by atoms with van der Waals surface area (Å²) < 4.78 is 1.72. The molecule has 0 radical (unpaired) electrons. The summed E-state index contributed by atoms with van der Waals surface area (Å²) >= 11 is 0. The molecule has 0 aliphatic carbocycles. The van der Waals surface area contributed by atoms with Gasteiger partial charge in [0.05, 0.1) is 17.3 Å². The Balaban J connectivity index is 0.000000720. The summed E-state index contributed by atoms with van der Waals surface area (Å²) in [5, 5.41) is 12.5. The van der Waals surface area contributed by atoms with E-state index in [9.17, 15) is 0 Å². The lowest BCUT2D eigenvalue weighted by Crippen LogP contribution is -1.88. The van der Waals surface area contributed by atoms with E-state index in [1.54, 1.807) is 16.8 Å². The quantitative estimate of drug-likeness (QED) is 0.617. The predicted octanol–water partition coefficient (Wildman–Crippen LogP) is 1.63. The molecule has 2 heterocycles. The highest BCUT2D eigenvalue weighted by Crippen LogP contribution is 2.03. The van der Waals surface area contributed by atoms with Crippen molar-refractivity contribution in [2.45, 2.75) is 0 Å². The van der Waals surface area contributed by atoms with Crippen LogP contribution in [0.3, 0.4) is 0 Å². The fraction of sp³-hybridized carbons (Fsp3) is 0. The number of nitriles is 1. The van der Waals surface area contributed by atoms with Crippen LogP contribution in [0.15, 0.2) is 30.6 Å². The highest BCUT2D eigenvalue weighted by atomic mass is 35.5. The first-order valence-corrected chi connectivity index (χ1v) is 3.23. The Kier molecular flexibility index (Phi) is 2.32. The number of rotatable bonds is 0. The van der Waals surface area contributed by atoms with Gasteiger partial charge < -0.3 is 0 Å². The minimum Gasteiger partial charge on any atom is -0.241 e. The van der Waals surface area contributed by atoms with Crippen molar-refractivity contribution in [2.24, 2.45) is 0 Å². The van der Waals surface area contributed by atoms with Crippen LogP contribution in [0.5, 0.6) is 0 Å². The fourth-order valence-electron chi connectivity index (χ4n) is 0.987. The lowest BCUT2D eigenvalue weighted by molar-refractivity contribution is 0.937. The molecule has 2 aromatic rings. The SMILES string of the molecule is Cl.N#Cc1cnn2cccc2c1. The Hall–Kier alpha value is -1.53. The van der Waals surface area contributed by atoms with Gasteiger partial charge in [0.2, 0.25) is 0 Å². The molecule has 0 amide bonds. The molecule has 0 unspecified atom stereocenters. The first kappa shape index (κ1) is 8.57. The molecular weight excluding hydrogens is 174 g/mol. The maximum Gasteiger partial charge on any atom is 0.101 e. The minimum atomic E-state index is 0. The van der Waals surface area contributed by atoms with Gasteiger partial charge in [0.1, 0.15) is 6.07 Å². The van der Waals surface area contributed by atoms with E-state index in [0.717, 1.165) is 5.52 Å². The van der Waals surface area contributed by atoms with Crippen molar-refractivity contribution in [2.75, 3.05) is 0 Å². The molecule has 2 aromatic heterocycles. The first-order valence-electron chi connectivity index (χ1n) is 3.23. The number of aromatic nitrogens is 2. The van der Waals surface area contributed by atoms with Crippen LogP contribution in [0.2, 0.25) is 0 Å². The Morgan fingerprint density at radius 3 is 3.08 bits per heavy atom. The predicted molar refractivity (Wildman–Crippen MR) is 47.2 cm³/mol. The lowest BCUT2D eigenvalue weighted by atomic mass is 10.3. The van der Waals surface area contributed by atoms with Crippen LogP contribution in [0.4, 0.5) is 0 Å². The zero-order valence-corrected chi connectivity index (χ0v) is 6.95. The minimum absolute atomic E-state index is 0. The van der Waals surface area contributed by atoms with Gasteiger partial charge in [-0.2, -0.15) is 10.4 Å². The molecule has 0 bridgehead atoms. The van der Waals surface area contributed by atoms with Crippen LogP contribution >= 0.6 is 12.4 Å². The van der Waals surface area contributed by atoms with E-state index in [2.05, 4.69) is 5.10 Å². The van der Waals surface area contributed by atoms with Gasteiger partial charge in [0.15, 0.2) is 0 Å². The molecule has 0 N–H and O–H groups in total. The van der Waals surface area contributed by atoms with Crippen molar-refractivity contribution in [3.05, 3.63) is 36.2 Å². The van der Waals surface area contributed by atoms with Gasteiger partial charge in [0, 0.05) is 6.20 Å². The summed E-state index contributed by atoms with van der Waals surface area (Å²) in [6, 6.07) is 7.63. The van der Waals surface area contributed by atoms with Gasteiger partial charge in [-0.15, -0.1) is 12.4 Å². The Bertz CT molecular complexity index is 427. The van der Waals surface area contributed by atoms with E-state index >= 15 is 0 Å². The second kappa shape index (κ2) is 3.24. The lowest BCUT2D eigenvalue weighted by Gasteiger charge is -1.91. The maximum absolute atomic E-state index is 8.54. The van der Waals surface area contributed by atoms with Gasteiger partial charge in [0.25, 0.3) is 0 Å². The van der Waals surface area contributed by atoms with E-state index < -0.39 is 0 Å². The molecule has 0 atom stereocenters. The number of hydrogen-bond acceptors (Lipinski definition) is 2. The average molecular weight is 180 g/mol. The first-order chi connectivity index (χ1) is 5.40. The highest BCUT2D eigenvalue weighted by molar-refractivity contribution is 5.85. The van der Waals surface area contributed by atoms with Crippen LogP contribution in [0, 0.1) is 11.3 Å². The standard InChI is InChI=1S/C8H5N3.ClH/c9-5-7-4-8-2-1-3-11(8)10-6-7;/h1-4,6H;1H. The van der Waals surface area contributed by atoms with Crippen LogP contribution in [-0.2, 0) is 0 Å². The summed E-state index contributed by atoms with van der Waals surface area (Å²) in [6.45, 7) is 0. The third-order valence-corrected chi connectivity index (χ3v) is 1.51. The number of fused-ring (bicyclic) bond motifs is 1. The van der Waals surface area contributed by atoms with E-state index in [1.165, 1.54) is 0 Å². The van der Waals surface area contributed by atoms with Gasteiger partial charge in [-0.1, -0.05) is 0 Å². The molecule has 0 saturated heterocycles. The van der Waals surface area contributed by atoms with Crippen LogP contribution in [0.1, 0.15) is 5.56 Å². The van der Waals surface area contributed by atoms with Crippen molar-refractivity contribution in [1.29, 1.82) is 5.26 Å². The molecule has 3 nitrogen and oxygen atoms in total. The van der Waals surface area contributed by atoms with Crippen molar-refractivity contribution >= 4 is 17.9 Å². The molecule has 2 rings (SSSR count). The molecule has 4 heteroatoms. The summed E-state index contributed by atoms with van der Waals surface area (Å²) in [6.07, 6.45) is 3.39. The maximum atomic E-state index is 8.54. The summed E-state index contributed by atoms with van der Waals surface area (Å²) in [5.41, 5.74) is 1.54. The normalized spacial score (nSPS) is 8.92. The topological polar surface area (TPSA) is 41.1 Å². The number of nitrogens with zero attached hydrogens (tertiary/aromatic N) is 3. The van der Waals surface area contributed by atoms with Crippen molar-refractivity contribution in [3.63, 3.8) is 0 Å².